The summed E-state index contributed by atoms with van der Waals surface area (Å²) in [5, 5.41) is 20.5. The molecule has 1 aromatic rings. The normalized spacial score (nSPS) is 22.2. The van der Waals surface area contributed by atoms with E-state index in [1.54, 1.807) is 6.07 Å². The number of fused-ring (bicyclic) bond motifs is 1. The van der Waals surface area contributed by atoms with Crippen LogP contribution in [0.1, 0.15) is 62.5 Å². The molecule has 2 fully saturated rings. The van der Waals surface area contributed by atoms with Gasteiger partial charge < -0.3 is 34.4 Å². The molecule has 0 saturated carbocycles. The van der Waals surface area contributed by atoms with Crippen molar-refractivity contribution in [3.63, 3.8) is 0 Å². The van der Waals surface area contributed by atoms with Gasteiger partial charge in [0, 0.05) is 56.7 Å². The number of benzene rings is 1. The highest BCUT2D eigenvalue weighted by molar-refractivity contribution is 5.79. The third kappa shape index (κ3) is 7.50. The Bertz CT molecular complexity index is 1080. The van der Waals surface area contributed by atoms with Crippen molar-refractivity contribution in [1.82, 2.24) is 19.6 Å². The van der Waals surface area contributed by atoms with Crippen molar-refractivity contribution >= 4 is 17.8 Å². The molecule has 0 aliphatic carbocycles. The maximum Gasteiger partial charge on any atom is 0.308 e. The smallest absolute Gasteiger partial charge is 0.308 e. The lowest BCUT2D eigenvalue weighted by atomic mass is 9.83. The SMILES string of the molecule is CCCCN(CCCN(C)C)C(=O)CN1C[C@H](c2cc(CO)c3c(c2)OCO3)[C@@H](C(=O)O)[C@@H]1CCN1CCCC1=O. The lowest BCUT2D eigenvalue weighted by Crippen LogP contribution is -2.46. The molecule has 0 spiro atoms. The fourth-order valence-corrected chi connectivity index (χ4v) is 6.42. The Morgan fingerprint density at radius 2 is 1.90 bits per heavy atom. The average molecular weight is 575 g/mol. The maximum absolute atomic E-state index is 13.7. The van der Waals surface area contributed by atoms with Gasteiger partial charge in [0.05, 0.1) is 19.1 Å². The van der Waals surface area contributed by atoms with Crippen molar-refractivity contribution in [2.45, 2.75) is 64.0 Å². The first-order chi connectivity index (χ1) is 19.7. The van der Waals surface area contributed by atoms with Gasteiger partial charge in [0.15, 0.2) is 11.5 Å². The summed E-state index contributed by atoms with van der Waals surface area (Å²) in [5.41, 5.74) is 1.30. The van der Waals surface area contributed by atoms with Crippen molar-refractivity contribution < 1.29 is 34.1 Å². The fourth-order valence-electron chi connectivity index (χ4n) is 6.42. The van der Waals surface area contributed by atoms with E-state index in [-0.39, 0.29) is 31.8 Å². The van der Waals surface area contributed by atoms with Gasteiger partial charge in [-0.25, -0.2) is 0 Å². The van der Waals surface area contributed by atoms with Gasteiger partial charge in [-0.05, 0) is 64.0 Å². The van der Waals surface area contributed by atoms with Crippen molar-refractivity contribution in [2.24, 2.45) is 5.92 Å². The number of hydrogen-bond acceptors (Lipinski definition) is 8. The number of carbonyl (C=O) groups excluding carboxylic acids is 2. The van der Waals surface area contributed by atoms with E-state index < -0.39 is 23.8 Å². The monoisotopic (exact) mass is 574 g/mol. The number of likely N-dealkylation sites (tertiary alicyclic amines) is 2. The molecular formula is C30H46N4O7. The summed E-state index contributed by atoms with van der Waals surface area (Å²) < 4.78 is 11.1. The second kappa shape index (κ2) is 14.3. The van der Waals surface area contributed by atoms with Crippen LogP contribution in [0.3, 0.4) is 0 Å². The van der Waals surface area contributed by atoms with Crippen LogP contribution in [-0.2, 0) is 21.0 Å². The number of aliphatic hydroxyl groups excluding tert-OH is 1. The number of ether oxygens (including phenoxy) is 2. The van der Waals surface area contributed by atoms with E-state index in [0.717, 1.165) is 37.8 Å². The van der Waals surface area contributed by atoms with Gasteiger partial charge in [0.1, 0.15) is 0 Å². The van der Waals surface area contributed by atoms with E-state index in [4.69, 9.17) is 9.47 Å². The van der Waals surface area contributed by atoms with Crippen LogP contribution in [0.15, 0.2) is 12.1 Å². The van der Waals surface area contributed by atoms with E-state index >= 15 is 0 Å². The molecule has 2 N–H and O–H groups in total. The third-order valence-electron chi connectivity index (χ3n) is 8.58. The first kappa shape index (κ1) is 31.1. The molecule has 11 heteroatoms. The Balaban J connectivity index is 1.60. The molecule has 3 aliphatic heterocycles. The Morgan fingerprint density at radius 1 is 1.12 bits per heavy atom. The summed E-state index contributed by atoms with van der Waals surface area (Å²) in [6.07, 6.45) is 4.57. The van der Waals surface area contributed by atoms with E-state index in [9.17, 15) is 24.6 Å². The van der Waals surface area contributed by atoms with Crippen LogP contribution in [0.5, 0.6) is 11.5 Å². The van der Waals surface area contributed by atoms with Gasteiger partial charge in [-0.1, -0.05) is 13.3 Å². The number of rotatable bonds is 15. The lowest BCUT2D eigenvalue weighted by Gasteiger charge is -2.31. The molecular weight excluding hydrogens is 528 g/mol. The highest BCUT2D eigenvalue weighted by atomic mass is 16.7. The number of carboxylic acid groups (broad SMARTS) is 1. The molecule has 11 nitrogen and oxygen atoms in total. The zero-order valence-electron chi connectivity index (χ0n) is 24.7. The highest BCUT2D eigenvalue weighted by Gasteiger charge is 2.47. The Hall–Kier alpha value is -2.89. The Labute approximate surface area is 243 Å². The van der Waals surface area contributed by atoms with E-state index in [1.165, 1.54) is 0 Å². The zero-order valence-corrected chi connectivity index (χ0v) is 24.7. The Morgan fingerprint density at radius 3 is 2.56 bits per heavy atom. The quantitative estimate of drug-likeness (QED) is 0.324. The predicted octanol–water partition coefficient (Wildman–Crippen LogP) is 1.97. The number of unbranched alkanes of at least 4 members (excludes halogenated alkanes) is 1. The summed E-state index contributed by atoms with van der Waals surface area (Å²) in [6.45, 7) is 5.77. The van der Waals surface area contributed by atoms with Crippen LogP contribution in [0.25, 0.3) is 0 Å². The molecule has 3 heterocycles. The van der Waals surface area contributed by atoms with Gasteiger partial charge in [-0.2, -0.15) is 0 Å². The minimum absolute atomic E-state index is 0.00553. The van der Waals surface area contributed by atoms with Crippen molar-refractivity contribution in [3.8, 4) is 11.5 Å². The topological polar surface area (TPSA) is 123 Å². The lowest BCUT2D eigenvalue weighted by molar-refractivity contribution is -0.144. The number of aliphatic hydroxyl groups is 1. The average Bonchev–Trinajstić information content (AvgIpc) is 3.67. The number of nitrogens with zero attached hydrogens (tertiary/aromatic N) is 4. The van der Waals surface area contributed by atoms with Crippen molar-refractivity contribution in [3.05, 3.63) is 23.3 Å². The molecule has 0 unspecified atom stereocenters. The summed E-state index contributed by atoms with van der Waals surface area (Å²) in [7, 11) is 4.03. The predicted molar refractivity (Wildman–Crippen MR) is 153 cm³/mol. The van der Waals surface area contributed by atoms with Gasteiger partial charge in [0.25, 0.3) is 0 Å². The van der Waals surface area contributed by atoms with Crippen LogP contribution in [0, 0.1) is 5.92 Å². The minimum Gasteiger partial charge on any atom is -0.481 e. The maximum atomic E-state index is 13.7. The molecule has 3 atom stereocenters. The van der Waals surface area contributed by atoms with Gasteiger partial charge in [-0.15, -0.1) is 0 Å². The standard InChI is InChI=1S/C30H46N4O7/c1-4-5-11-32(13-7-10-31(2)3)27(37)18-34-17-23(21-15-22(19-35)29-25(16-21)40-20-41-29)28(30(38)39)24(34)9-14-33-12-6-8-26(33)36/h15-16,23-24,28,35H,4-14,17-20H2,1-3H3,(H,38,39)/t23-,24+,28-/m1/s1. The molecule has 2 saturated heterocycles. The zero-order chi connectivity index (χ0) is 29.5. The summed E-state index contributed by atoms with van der Waals surface area (Å²) in [4.78, 5) is 46.7. The van der Waals surface area contributed by atoms with Crippen molar-refractivity contribution in [2.75, 3.05) is 66.7 Å². The minimum atomic E-state index is -0.931. The number of carbonyl (C=O) groups is 3. The molecule has 4 rings (SSSR count). The molecule has 0 radical (unpaired) electrons. The summed E-state index contributed by atoms with van der Waals surface area (Å²) in [6, 6.07) is 3.19. The molecule has 1 aromatic carbocycles. The highest BCUT2D eigenvalue weighted by Crippen LogP contribution is 2.44. The van der Waals surface area contributed by atoms with Gasteiger partial charge >= 0.3 is 5.97 Å². The largest absolute Gasteiger partial charge is 0.481 e. The fraction of sp³-hybridized carbons (Fsp3) is 0.700. The number of aliphatic carboxylic acids is 1. The molecule has 0 aromatic heterocycles. The number of carboxylic acids is 1. The van der Waals surface area contributed by atoms with Crippen LogP contribution in [-0.4, -0.2) is 120 Å². The van der Waals surface area contributed by atoms with E-state index in [2.05, 4.69) is 11.8 Å². The molecule has 3 aliphatic rings. The first-order valence-corrected chi connectivity index (χ1v) is 14.9. The first-order valence-electron chi connectivity index (χ1n) is 14.9. The van der Waals surface area contributed by atoms with Crippen LogP contribution in [0.4, 0.5) is 0 Å². The third-order valence-corrected chi connectivity index (χ3v) is 8.58. The number of amides is 2. The van der Waals surface area contributed by atoms with E-state index in [0.29, 0.717) is 62.6 Å². The van der Waals surface area contributed by atoms with Gasteiger partial charge in [0.2, 0.25) is 18.6 Å². The Kier molecular flexibility index (Phi) is 10.9. The molecule has 41 heavy (non-hydrogen) atoms. The van der Waals surface area contributed by atoms with E-state index in [1.807, 2.05) is 34.9 Å². The molecule has 2 amide bonds. The second-order valence-corrected chi connectivity index (χ2v) is 11.7. The second-order valence-electron chi connectivity index (χ2n) is 11.7. The summed E-state index contributed by atoms with van der Waals surface area (Å²) >= 11 is 0. The molecule has 228 valence electrons. The summed E-state index contributed by atoms with van der Waals surface area (Å²) in [5.74, 6) is -1.05. The van der Waals surface area contributed by atoms with Crippen LogP contribution >= 0.6 is 0 Å². The number of hydrogen-bond donors (Lipinski definition) is 2. The molecule has 0 bridgehead atoms. The van der Waals surface area contributed by atoms with Crippen LogP contribution < -0.4 is 9.47 Å². The van der Waals surface area contributed by atoms with Gasteiger partial charge in [-0.3, -0.25) is 19.3 Å². The van der Waals surface area contributed by atoms with Crippen molar-refractivity contribution in [1.29, 1.82) is 0 Å². The van der Waals surface area contributed by atoms with Crippen LogP contribution in [0.2, 0.25) is 0 Å².